The maximum Gasteiger partial charge on any atom is 0.165 e. The largest absolute Gasteiger partial charge is 0.353 e. The number of nitrogens with zero attached hydrogens (tertiary/aromatic N) is 3. The van der Waals surface area contributed by atoms with Crippen LogP contribution in [0.2, 0.25) is 0 Å². The number of pyridine rings is 2. The summed E-state index contributed by atoms with van der Waals surface area (Å²) in [6, 6.07) is 15.8. The molecule has 1 aliphatic rings. The number of fused-ring (bicyclic) bond motifs is 1. The van der Waals surface area contributed by atoms with Gasteiger partial charge in [-0.3, -0.25) is 4.98 Å². The van der Waals surface area contributed by atoms with Crippen molar-refractivity contribution < 1.29 is 4.39 Å². The number of halogens is 1. The Bertz CT molecular complexity index is 882. The molecule has 1 fully saturated rings. The van der Waals surface area contributed by atoms with Crippen molar-refractivity contribution in [2.45, 2.75) is 25.4 Å². The molecule has 0 amide bonds. The molecule has 0 unspecified atom stereocenters. The molecule has 3 aromatic rings. The second-order valence-corrected chi connectivity index (χ2v) is 6.56. The molecule has 1 N–H and O–H groups in total. The van der Waals surface area contributed by atoms with Crippen LogP contribution in [0.15, 0.2) is 54.7 Å². The zero-order valence-electron chi connectivity index (χ0n) is 14.2. The molecule has 0 saturated carbocycles. The molecule has 1 aliphatic heterocycles. The Morgan fingerprint density at radius 2 is 2.04 bits per heavy atom. The van der Waals surface area contributed by atoms with Crippen LogP contribution >= 0.6 is 0 Å². The lowest BCUT2D eigenvalue weighted by atomic mass is 10.1. The molecule has 2 aromatic heterocycles. The zero-order chi connectivity index (χ0) is 17.2. The summed E-state index contributed by atoms with van der Waals surface area (Å²) in [5.74, 6) is 0.190. The van der Waals surface area contributed by atoms with Gasteiger partial charge in [0, 0.05) is 36.8 Å². The summed E-state index contributed by atoms with van der Waals surface area (Å²) >= 11 is 0. The van der Waals surface area contributed by atoms with E-state index in [1.54, 1.807) is 12.3 Å². The van der Waals surface area contributed by atoms with E-state index in [0.29, 0.717) is 11.9 Å². The van der Waals surface area contributed by atoms with Gasteiger partial charge in [0.1, 0.15) is 0 Å². The Hall–Kier alpha value is -2.53. The first kappa shape index (κ1) is 16.0. The number of nitrogens with one attached hydrogen (secondary N) is 1. The summed E-state index contributed by atoms with van der Waals surface area (Å²) in [5.41, 5.74) is 2.04. The Morgan fingerprint density at radius 1 is 1.16 bits per heavy atom. The molecule has 25 heavy (non-hydrogen) atoms. The molecule has 128 valence electrons. The number of anilines is 1. The molecular formula is C20H21FN4. The molecule has 1 aromatic carbocycles. The van der Waals surface area contributed by atoms with Gasteiger partial charge >= 0.3 is 0 Å². The minimum Gasteiger partial charge on any atom is -0.353 e. The minimum atomic E-state index is -0.257. The Morgan fingerprint density at radius 3 is 2.92 bits per heavy atom. The van der Waals surface area contributed by atoms with Crippen LogP contribution in [-0.2, 0) is 0 Å². The highest BCUT2D eigenvalue weighted by atomic mass is 19.1. The van der Waals surface area contributed by atoms with Gasteiger partial charge in [-0.2, -0.15) is 0 Å². The fourth-order valence-corrected chi connectivity index (χ4v) is 3.46. The quantitative estimate of drug-likeness (QED) is 0.789. The van der Waals surface area contributed by atoms with Gasteiger partial charge in [0.15, 0.2) is 11.6 Å². The normalized spacial score (nSPS) is 18.6. The van der Waals surface area contributed by atoms with E-state index in [1.165, 1.54) is 6.07 Å². The molecule has 2 atom stereocenters. The fraction of sp³-hybridized carbons (Fsp3) is 0.300. The van der Waals surface area contributed by atoms with Crippen LogP contribution in [0.1, 0.15) is 25.1 Å². The van der Waals surface area contributed by atoms with E-state index in [9.17, 15) is 4.39 Å². The Balaban J connectivity index is 1.44. The van der Waals surface area contributed by atoms with Gasteiger partial charge in [0.05, 0.1) is 11.2 Å². The van der Waals surface area contributed by atoms with Crippen LogP contribution in [0.5, 0.6) is 0 Å². The highest BCUT2D eigenvalue weighted by Crippen LogP contribution is 2.23. The first-order valence-corrected chi connectivity index (χ1v) is 8.68. The number of hydrogen-bond acceptors (Lipinski definition) is 4. The van der Waals surface area contributed by atoms with Crippen molar-refractivity contribution in [2.75, 3.05) is 18.0 Å². The van der Waals surface area contributed by atoms with E-state index in [0.717, 1.165) is 36.1 Å². The van der Waals surface area contributed by atoms with Crippen LogP contribution in [-0.4, -0.2) is 29.1 Å². The third-order valence-corrected chi connectivity index (χ3v) is 4.78. The molecule has 5 heteroatoms. The molecule has 4 rings (SSSR count). The second-order valence-electron chi connectivity index (χ2n) is 6.56. The van der Waals surface area contributed by atoms with E-state index < -0.39 is 0 Å². The van der Waals surface area contributed by atoms with Crippen molar-refractivity contribution >= 4 is 16.7 Å². The van der Waals surface area contributed by atoms with Gasteiger partial charge in [-0.25, -0.2) is 9.37 Å². The van der Waals surface area contributed by atoms with Gasteiger partial charge in [-0.1, -0.05) is 24.3 Å². The predicted molar refractivity (Wildman–Crippen MR) is 98.1 cm³/mol. The van der Waals surface area contributed by atoms with Crippen LogP contribution < -0.4 is 10.2 Å². The number of rotatable bonds is 4. The lowest BCUT2D eigenvalue weighted by Gasteiger charge is -2.21. The van der Waals surface area contributed by atoms with Crippen LogP contribution in [0.25, 0.3) is 10.9 Å². The first-order valence-electron chi connectivity index (χ1n) is 8.68. The lowest BCUT2D eigenvalue weighted by Crippen LogP contribution is -2.35. The molecule has 1 saturated heterocycles. The highest BCUT2D eigenvalue weighted by molar-refractivity contribution is 5.78. The number of hydrogen-bond donors (Lipinski definition) is 1. The smallest absolute Gasteiger partial charge is 0.165 e. The third-order valence-electron chi connectivity index (χ3n) is 4.78. The van der Waals surface area contributed by atoms with Crippen molar-refractivity contribution in [3.8, 4) is 0 Å². The van der Waals surface area contributed by atoms with E-state index in [4.69, 9.17) is 4.98 Å². The van der Waals surface area contributed by atoms with E-state index in [2.05, 4.69) is 35.4 Å². The highest BCUT2D eigenvalue weighted by Gasteiger charge is 2.26. The van der Waals surface area contributed by atoms with Gasteiger partial charge in [0.25, 0.3) is 0 Å². The molecular weight excluding hydrogens is 315 g/mol. The number of aromatic nitrogens is 2. The maximum atomic E-state index is 13.9. The summed E-state index contributed by atoms with van der Waals surface area (Å²) in [6.07, 6.45) is 2.61. The number of para-hydroxylation sites is 1. The maximum absolute atomic E-state index is 13.9. The first-order chi connectivity index (χ1) is 12.2. The van der Waals surface area contributed by atoms with E-state index in [-0.39, 0.29) is 11.9 Å². The summed E-state index contributed by atoms with van der Waals surface area (Å²) in [5, 5.41) is 4.77. The average Bonchev–Trinajstić information content (AvgIpc) is 3.10. The minimum absolute atomic E-state index is 0.142. The zero-order valence-corrected chi connectivity index (χ0v) is 14.2. The summed E-state index contributed by atoms with van der Waals surface area (Å²) in [7, 11) is 0. The molecule has 0 bridgehead atoms. The Labute approximate surface area is 146 Å². The van der Waals surface area contributed by atoms with Crippen LogP contribution in [0.4, 0.5) is 10.2 Å². The SMILES string of the molecule is C[C@H](N[C@H]1CCN(c2ncccc2F)C1)c1ccc2ccccc2n1. The average molecular weight is 336 g/mol. The second kappa shape index (κ2) is 6.76. The molecule has 0 aliphatic carbocycles. The molecule has 0 spiro atoms. The van der Waals surface area contributed by atoms with Crippen molar-refractivity contribution in [1.29, 1.82) is 0 Å². The predicted octanol–water partition coefficient (Wildman–Crippen LogP) is 3.70. The van der Waals surface area contributed by atoms with Gasteiger partial charge in [-0.05, 0) is 37.6 Å². The summed E-state index contributed by atoms with van der Waals surface area (Å²) in [6.45, 7) is 3.69. The summed E-state index contributed by atoms with van der Waals surface area (Å²) in [4.78, 5) is 10.9. The third kappa shape index (κ3) is 3.33. The monoisotopic (exact) mass is 336 g/mol. The van der Waals surface area contributed by atoms with E-state index in [1.807, 2.05) is 23.1 Å². The fourth-order valence-electron chi connectivity index (χ4n) is 3.46. The van der Waals surface area contributed by atoms with Crippen LogP contribution in [0.3, 0.4) is 0 Å². The number of benzene rings is 1. The van der Waals surface area contributed by atoms with Crippen LogP contribution in [0, 0.1) is 5.82 Å². The van der Waals surface area contributed by atoms with E-state index >= 15 is 0 Å². The van der Waals surface area contributed by atoms with Gasteiger partial charge in [-0.15, -0.1) is 0 Å². The summed E-state index contributed by atoms with van der Waals surface area (Å²) < 4.78 is 13.9. The van der Waals surface area contributed by atoms with Crippen molar-refractivity contribution in [2.24, 2.45) is 0 Å². The van der Waals surface area contributed by atoms with Gasteiger partial charge in [0.2, 0.25) is 0 Å². The standard InChI is InChI=1S/C20H21FN4/c1-14(18-9-8-15-5-2-3-7-19(15)24-18)23-16-10-12-25(13-16)20-17(21)6-4-11-22-20/h2-9,11,14,16,23H,10,12-13H2,1H3/t14-,16-/m0/s1. The lowest BCUT2D eigenvalue weighted by molar-refractivity contribution is 0.474. The van der Waals surface area contributed by atoms with Crippen molar-refractivity contribution in [1.82, 2.24) is 15.3 Å². The molecule has 3 heterocycles. The molecule has 4 nitrogen and oxygen atoms in total. The Kier molecular flexibility index (Phi) is 4.32. The molecule has 0 radical (unpaired) electrons. The van der Waals surface area contributed by atoms with Gasteiger partial charge < -0.3 is 10.2 Å². The topological polar surface area (TPSA) is 41.0 Å². The van der Waals surface area contributed by atoms with Crippen molar-refractivity contribution in [3.63, 3.8) is 0 Å². The van der Waals surface area contributed by atoms with Crippen molar-refractivity contribution in [3.05, 3.63) is 66.2 Å².